The van der Waals surface area contributed by atoms with Gasteiger partial charge in [0.25, 0.3) is 11.1 Å². The van der Waals surface area contributed by atoms with E-state index in [0.717, 1.165) is 27.6 Å². The van der Waals surface area contributed by atoms with Crippen molar-refractivity contribution in [1.82, 2.24) is 19.6 Å². The number of para-hydroxylation sites is 1. The van der Waals surface area contributed by atoms with Gasteiger partial charge in [0.05, 0.1) is 21.8 Å². The molecule has 55 heavy (non-hydrogen) atoms. The van der Waals surface area contributed by atoms with E-state index in [1.165, 1.54) is 23.2 Å². The number of nitrogens with one attached hydrogen (secondary N) is 2. The van der Waals surface area contributed by atoms with E-state index in [0.29, 0.717) is 40.8 Å². The summed E-state index contributed by atoms with van der Waals surface area (Å²) in [5, 5.41) is 17.8. The number of ketones is 2. The van der Waals surface area contributed by atoms with Gasteiger partial charge in [0.15, 0.2) is 11.6 Å². The largest absolute Gasteiger partial charge is 0.350 e. The van der Waals surface area contributed by atoms with Crippen LogP contribution in [0.5, 0.6) is 0 Å². The SMILES string of the molecule is CCn1nc(-c2ccccc2)c(C(C)=O)c(Nc2ccc3ccccc3c2)c1=O.CCn1nc(-c2ccccc2)c(C(C)=O)c(Nc2ccccc2Cl)c1=O. The van der Waals surface area contributed by atoms with Gasteiger partial charge in [-0.15, -0.1) is 0 Å². The molecule has 7 rings (SSSR count). The molecule has 5 aromatic carbocycles. The normalized spacial score (nSPS) is 10.7. The number of Topliss-reactive ketones (excluding diaryl/α,β-unsaturated/α-hetero) is 2. The lowest BCUT2D eigenvalue weighted by Crippen LogP contribution is -2.28. The molecular formula is C44H39ClN6O4. The first-order valence-electron chi connectivity index (χ1n) is 17.8. The van der Waals surface area contributed by atoms with Crippen molar-refractivity contribution in [1.29, 1.82) is 0 Å². The van der Waals surface area contributed by atoms with Gasteiger partial charge in [0.1, 0.15) is 22.8 Å². The van der Waals surface area contributed by atoms with Crippen molar-refractivity contribution >= 4 is 56.7 Å². The summed E-state index contributed by atoms with van der Waals surface area (Å²) in [6, 6.07) is 39.7. The first-order valence-corrected chi connectivity index (χ1v) is 18.2. The molecule has 0 radical (unpaired) electrons. The predicted octanol–water partition coefficient (Wildman–Crippen LogP) is 9.56. The van der Waals surface area contributed by atoms with E-state index in [-0.39, 0.29) is 39.6 Å². The molecule has 7 aromatic rings. The standard InChI is InChI=1S/C24H21N3O2.C20H18ClN3O2/c1-3-27-24(29)23(25-20-14-13-17-9-7-8-12-19(17)15-20)21(16(2)28)22(26-27)18-10-5-4-6-11-18;1-3-24-20(26)19(22-16-12-8-7-11-15(16)21)17(13(2)25)18(23-24)14-9-5-4-6-10-14/h4-15,25H,3H2,1-2H3;4-12,22H,3H2,1-2H3. The summed E-state index contributed by atoms with van der Waals surface area (Å²) < 4.78 is 2.73. The second kappa shape index (κ2) is 17.0. The van der Waals surface area contributed by atoms with Gasteiger partial charge in [-0.05, 0) is 62.7 Å². The Morgan fingerprint density at radius 1 is 0.582 bits per heavy atom. The minimum Gasteiger partial charge on any atom is -0.350 e. The van der Waals surface area contributed by atoms with Gasteiger partial charge in [-0.25, -0.2) is 9.36 Å². The van der Waals surface area contributed by atoms with E-state index in [2.05, 4.69) is 20.8 Å². The Kier molecular flexibility index (Phi) is 11.8. The highest BCUT2D eigenvalue weighted by atomic mass is 35.5. The Bertz CT molecular complexity index is 2640. The molecule has 276 valence electrons. The molecule has 0 aliphatic rings. The number of benzene rings is 5. The summed E-state index contributed by atoms with van der Waals surface area (Å²) in [5.41, 5.74) is 4.15. The molecule has 0 aliphatic carbocycles. The van der Waals surface area contributed by atoms with Gasteiger partial charge in [-0.3, -0.25) is 19.2 Å². The number of anilines is 4. The fourth-order valence-electron chi connectivity index (χ4n) is 6.19. The maximum Gasteiger partial charge on any atom is 0.291 e. The van der Waals surface area contributed by atoms with Crippen LogP contribution in [-0.2, 0) is 13.1 Å². The topological polar surface area (TPSA) is 128 Å². The first kappa shape index (κ1) is 38.1. The van der Waals surface area contributed by atoms with Crippen LogP contribution < -0.4 is 21.8 Å². The Morgan fingerprint density at radius 2 is 1.04 bits per heavy atom. The summed E-state index contributed by atoms with van der Waals surface area (Å²) in [4.78, 5) is 50.9. The molecule has 0 spiro atoms. The number of rotatable bonds is 10. The van der Waals surface area contributed by atoms with Crippen LogP contribution in [0.1, 0.15) is 48.4 Å². The second-order valence-corrected chi connectivity index (χ2v) is 13.0. The second-order valence-electron chi connectivity index (χ2n) is 12.6. The monoisotopic (exact) mass is 750 g/mol. The zero-order chi connectivity index (χ0) is 39.1. The Morgan fingerprint density at radius 3 is 1.53 bits per heavy atom. The van der Waals surface area contributed by atoms with Crippen LogP contribution in [0.2, 0.25) is 5.02 Å². The van der Waals surface area contributed by atoms with E-state index in [4.69, 9.17) is 11.6 Å². The number of aromatic nitrogens is 4. The number of halogens is 1. The van der Waals surface area contributed by atoms with Crippen molar-refractivity contribution in [3.05, 3.63) is 164 Å². The lowest BCUT2D eigenvalue weighted by atomic mass is 10.0. The highest BCUT2D eigenvalue weighted by Gasteiger charge is 2.23. The number of carbonyl (C=O) groups is 2. The quantitative estimate of drug-likeness (QED) is 0.132. The summed E-state index contributed by atoms with van der Waals surface area (Å²) >= 11 is 6.22. The molecule has 0 unspecified atom stereocenters. The first-order chi connectivity index (χ1) is 26.6. The highest BCUT2D eigenvalue weighted by molar-refractivity contribution is 6.33. The van der Waals surface area contributed by atoms with E-state index in [1.807, 2.05) is 117 Å². The van der Waals surface area contributed by atoms with Crippen LogP contribution in [-0.4, -0.2) is 31.1 Å². The number of carbonyl (C=O) groups excluding carboxylic acids is 2. The predicted molar refractivity (Wildman–Crippen MR) is 221 cm³/mol. The van der Waals surface area contributed by atoms with Gasteiger partial charge in [-0.1, -0.05) is 115 Å². The maximum absolute atomic E-state index is 13.1. The molecule has 0 aliphatic heterocycles. The van der Waals surface area contributed by atoms with Crippen molar-refractivity contribution in [2.24, 2.45) is 0 Å². The van der Waals surface area contributed by atoms with E-state index in [1.54, 1.807) is 24.3 Å². The van der Waals surface area contributed by atoms with E-state index >= 15 is 0 Å². The third-order valence-electron chi connectivity index (χ3n) is 8.86. The van der Waals surface area contributed by atoms with Crippen molar-refractivity contribution in [2.45, 2.75) is 40.8 Å². The van der Waals surface area contributed by atoms with E-state index < -0.39 is 0 Å². The number of hydrogen-bond acceptors (Lipinski definition) is 8. The maximum atomic E-state index is 13.1. The van der Waals surface area contributed by atoms with Crippen molar-refractivity contribution in [3.8, 4) is 22.5 Å². The number of aryl methyl sites for hydroxylation is 2. The molecule has 0 fully saturated rings. The minimum atomic E-state index is -0.364. The number of hydrogen-bond donors (Lipinski definition) is 2. The fourth-order valence-corrected chi connectivity index (χ4v) is 6.37. The van der Waals surface area contributed by atoms with Crippen LogP contribution in [0.3, 0.4) is 0 Å². The van der Waals surface area contributed by atoms with Gasteiger partial charge in [-0.2, -0.15) is 10.2 Å². The van der Waals surface area contributed by atoms with Gasteiger partial charge < -0.3 is 10.6 Å². The highest BCUT2D eigenvalue weighted by Crippen LogP contribution is 2.31. The third kappa shape index (κ3) is 8.30. The van der Waals surface area contributed by atoms with Gasteiger partial charge >= 0.3 is 0 Å². The molecule has 2 aromatic heterocycles. The Labute approximate surface area is 323 Å². The van der Waals surface area contributed by atoms with Gasteiger partial charge in [0, 0.05) is 29.9 Å². The number of fused-ring (bicyclic) bond motifs is 1. The third-order valence-corrected chi connectivity index (χ3v) is 9.19. The molecule has 0 bridgehead atoms. The average molecular weight is 751 g/mol. The average Bonchev–Trinajstić information content (AvgIpc) is 3.20. The summed E-state index contributed by atoms with van der Waals surface area (Å²) in [6.07, 6.45) is 0. The van der Waals surface area contributed by atoms with Crippen LogP contribution in [0, 0.1) is 0 Å². The summed E-state index contributed by atoms with van der Waals surface area (Å²) in [7, 11) is 0. The van der Waals surface area contributed by atoms with E-state index in [9.17, 15) is 19.2 Å². The lowest BCUT2D eigenvalue weighted by Gasteiger charge is -2.16. The molecule has 0 saturated carbocycles. The smallest absolute Gasteiger partial charge is 0.291 e. The lowest BCUT2D eigenvalue weighted by molar-refractivity contribution is 0.101. The molecule has 2 heterocycles. The molecule has 0 atom stereocenters. The van der Waals surface area contributed by atoms with Gasteiger partial charge in [0.2, 0.25) is 0 Å². The summed E-state index contributed by atoms with van der Waals surface area (Å²) in [5.74, 6) is -0.453. The van der Waals surface area contributed by atoms with Crippen LogP contribution >= 0.6 is 11.6 Å². The molecule has 10 nitrogen and oxygen atoms in total. The molecular weight excluding hydrogens is 712 g/mol. The zero-order valence-electron chi connectivity index (χ0n) is 30.8. The Hall–Kier alpha value is -6.65. The molecule has 2 N–H and O–H groups in total. The minimum absolute atomic E-state index is 0.182. The van der Waals surface area contributed by atoms with Crippen molar-refractivity contribution < 1.29 is 9.59 Å². The fraction of sp³-hybridized carbons (Fsp3) is 0.136. The van der Waals surface area contributed by atoms with Crippen LogP contribution in [0.25, 0.3) is 33.3 Å². The number of nitrogens with zero attached hydrogens (tertiary/aromatic N) is 4. The molecule has 11 heteroatoms. The Balaban J connectivity index is 0.000000188. The van der Waals surface area contributed by atoms with Crippen LogP contribution in [0.4, 0.5) is 22.7 Å². The zero-order valence-corrected chi connectivity index (χ0v) is 31.6. The molecule has 0 amide bonds. The molecule has 0 saturated heterocycles. The van der Waals surface area contributed by atoms with Crippen LogP contribution in [0.15, 0.2) is 137 Å². The summed E-state index contributed by atoms with van der Waals surface area (Å²) in [6.45, 7) is 7.37. The van der Waals surface area contributed by atoms with Crippen molar-refractivity contribution in [2.75, 3.05) is 10.6 Å². The van der Waals surface area contributed by atoms with Crippen molar-refractivity contribution in [3.63, 3.8) is 0 Å².